The van der Waals surface area contributed by atoms with E-state index in [0.29, 0.717) is 13.3 Å². The Morgan fingerprint density at radius 3 is 2.49 bits per heavy atom. The molecule has 1 aromatic heterocycles. The Hall–Kier alpha value is -3.89. The molecule has 0 saturated heterocycles. The van der Waals surface area contributed by atoms with Gasteiger partial charge in [-0.05, 0) is 57.0 Å². The zero-order valence-electron chi connectivity index (χ0n) is 27.4. The van der Waals surface area contributed by atoms with Crippen LogP contribution < -0.4 is 4.90 Å². The molecule has 0 radical (unpaired) electrons. The fourth-order valence-corrected chi connectivity index (χ4v) is 7.59. The molecular weight excluding hydrogens is 526 g/mol. The number of aliphatic hydroxyl groups is 1. The van der Waals surface area contributed by atoms with Crippen LogP contribution in [-0.4, -0.2) is 39.7 Å². The largest absolute Gasteiger partial charge is 0.396 e. The molecule has 3 heterocycles. The molecule has 2 aliphatic rings. The first-order valence-corrected chi connectivity index (χ1v) is 15.8. The first-order valence-electron chi connectivity index (χ1n) is 16.5. The quantitative estimate of drug-likeness (QED) is 0.160. The molecule has 3 aromatic carbocycles. The Labute approximate surface area is 258 Å². The fraction of sp³-hybridized carbons (Fsp3) is 0.359. The van der Waals surface area contributed by atoms with Gasteiger partial charge in [0.25, 0.3) is 0 Å². The lowest BCUT2D eigenvalue weighted by Crippen LogP contribution is -2.28. The molecule has 0 atom stereocenters. The molecule has 0 spiro atoms. The van der Waals surface area contributed by atoms with Crippen LogP contribution in [0.25, 0.3) is 21.8 Å². The Bertz CT molecular complexity index is 1830. The van der Waals surface area contributed by atoms with E-state index in [1.165, 1.54) is 55.7 Å². The maximum atomic E-state index is 9.78. The number of benzene rings is 3. The SMILES string of the molecule is [3H]CCCN1/C(=C/C=C/C=C/C2=[N+](CCCO)c3ccc4c(c3C2(C)C)c2ccccc2n4CC)C(C)(C)c2ccccc21. The number of nitrogens with zero attached hydrogens (tertiary/aromatic N) is 3. The third kappa shape index (κ3) is 4.58. The highest BCUT2D eigenvalue weighted by Crippen LogP contribution is 2.48. The first-order chi connectivity index (χ1) is 21.3. The van der Waals surface area contributed by atoms with Crippen molar-refractivity contribution in [2.24, 2.45) is 0 Å². The van der Waals surface area contributed by atoms with Crippen LogP contribution in [0.15, 0.2) is 96.7 Å². The van der Waals surface area contributed by atoms with Gasteiger partial charge < -0.3 is 14.6 Å². The van der Waals surface area contributed by atoms with Gasteiger partial charge >= 0.3 is 0 Å². The zero-order chi connectivity index (χ0) is 31.1. The van der Waals surface area contributed by atoms with Crippen molar-refractivity contribution in [1.82, 2.24) is 4.57 Å². The summed E-state index contributed by atoms with van der Waals surface area (Å²) in [6.45, 7) is 14.7. The smallest absolute Gasteiger partial charge is 0.210 e. The third-order valence-corrected chi connectivity index (χ3v) is 9.53. The number of aryl methyl sites for hydroxylation is 1. The van der Waals surface area contributed by atoms with E-state index in [2.05, 4.69) is 140 Å². The Morgan fingerprint density at radius 2 is 1.70 bits per heavy atom. The number of aliphatic hydroxyl groups excluding tert-OH is 1. The minimum Gasteiger partial charge on any atom is -0.396 e. The summed E-state index contributed by atoms with van der Waals surface area (Å²) < 4.78 is 12.6. The maximum absolute atomic E-state index is 9.78. The van der Waals surface area contributed by atoms with E-state index < -0.39 is 0 Å². The Kier molecular flexibility index (Phi) is 7.34. The van der Waals surface area contributed by atoms with Gasteiger partial charge in [0.05, 0.1) is 5.41 Å². The second kappa shape index (κ2) is 11.3. The summed E-state index contributed by atoms with van der Waals surface area (Å²) in [5.74, 6) is 0. The molecule has 4 heteroatoms. The fourth-order valence-electron chi connectivity index (χ4n) is 7.59. The normalized spacial score (nSPS) is 18.6. The van der Waals surface area contributed by atoms with Gasteiger partial charge in [0.15, 0.2) is 12.3 Å². The predicted molar refractivity (Wildman–Crippen MR) is 183 cm³/mol. The summed E-state index contributed by atoms with van der Waals surface area (Å²) in [5.41, 5.74) is 10.0. The van der Waals surface area contributed by atoms with Crippen LogP contribution in [0.1, 0.15) is 66.9 Å². The van der Waals surface area contributed by atoms with E-state index >= 15 is 0 Å². The van der Waals surface area contributed by atoms with Gasteiger partial charge in [-0.25, -0.2) is 0 Å². The number of aromatic nitrogens is 1. The van der Waals surface area contributed by atoms with Crippen LogP contribution in [0, 0.1) is 0 Å². The topological polar surface area (TPSA) is 31.4 Å². The number of hydrogen-bond donors (Lipinski definition) is 1. The summed E-state index contributed by atoms with van der Waals surface area (Å²) in [4.78, 5) is 2.40. The number of hydrogen-bond acceptors (Lipinski definition) is 2. The van der Waals surface area contributed by atoms with Gasteiger partial charge in [0.1, 0.15) is 0 Å². The number of para-hydroxylation sites is 2. The van der Waals surface area contributed by atoms with E-state index in [0.717, 1.165) is 26.1 Å². The number of anilines is 1. The first kappa shape index (κ1) is 27.9. The molecule has 0 aliphatic carbocycles. The Morgan fingerprint density at radius 1 is 0.907 bits per heavy atom. The second-order valence-electron chi connectivity index (χ2n) is 12.8. The number of fused-ring (bicyclic) bond motifs is 6. The van der Waals surface area contributed by atoms with Crippen molar-refractivity contribution in [2.45, 2.75) is 71.7 Å². The summed E-state index contributed by atoms with van der Waals surface area (Å²) in [6, 6.07) is 22.0. The molecule has 222 valence electrons. The van der Waals surface area contributed by atoms with Crippen LogP contribution in [-0.2, 0) is 17.4 Å². The van der Waals surface area contributed by atoms with Crippen LogP contribution in [0.4, 0.5) is 11.4 Å². The molecule has 4 aromatic rings. The van der Waals surface area contributed by atoms with E-state index in [1.807, 2.05) is 0 Å². The highest BCUT2D eigenvalue weighted by Gasteiger charge is 2.46. The minimum atomic E-state index is -0.210. The van der Waals surface area contributed by atoms with E-state index in [4.69, 9.17) is 1.37 Å². The molecule has 0 fully saturated rings. The van der Waals surface area contributed by atoms with Gasteiger partial charge in [-0.2, -0.15) is 4.58 Å². The maximum Gasteiger partial charge on any atom is 0.210 e. The second-order valence-corrected chi connectivity index (χ2v) is 12.8. The van der Waals surface area contributed by atoms with Crippen molar-refractivity contribution < 1.29 is 11.1 Å². The van der Waals surface area contributed by atoms with Gasteiger partial charge in [0, 0.05) is 83.8 Å². The van der Waals surface area contributed by atoms with Gasteiger partial charge in [0.2, 0.25) is 5.69 Å². The minimum absolute atomic E-state index is 0.0966. The lowest BCUT2D eigenvalue weighted by Gasteiger charge is -2.26. The van der Waals surface area contributed by atoms with Gasteiger partial charge in [-0.3, -0.25) is 0 Å². The van der Waals surface area contributed by atoms with Crippen molar-refractivity contribution in [3.63, 3.8) is 0 Å². The van der Waals surface area contributed by atoms with Crippen LogP contribution in [0.3, 0.4) is 0 Å². The van der Waals surface area contributed by atoms with Crippen molar-refractivity contribution in [1.29, 1.82) is 0 Å². The van der Waals surface area contributed by atoms with E-state index in [1.54, 1.807) is 0 Å². The van der Waals surface area contributed by atoms with E-state index in [-0.39, 0.29) is 17.4 Å². The number of allylic oxidation sites excluding steroid dienone is 6. The highest BCUT2D eigenvalue weighted by molar-refractivity contribution is 6.16. The standard InChI is InChI=1S/C39H46N3O/c1-7-25-41-31-20-15-13-18-29(31)38(3,4)34(41)21-10-9-11-22-35-39(5,6)37-33(42(35)26-16-27-43)24-23-32-36(37)28-17-12-14-19-30(28)40(32)8-2/h9-15,17-24,43H,7-8,16,25-27H2,1-6H3/q+1/i1T. The lowest BCUT2D eigenvalue weighted by atomic mass is 9.79. The van der Waals surface area contributed by atoms with Crippen LogP contribution >= 0.6 is 0 Å². The molecule has 2 aliphatic heterocycles. The van der Waals surface area contributed by atoms with Crippen molar-refractivity contribution in [2.75, 3.05) is 24.6 Å². The van der Waals surface area contributed by atoms with Gasteiger partial charge in [-0.15, -0.1) is 0 Å². The molecule has 0 amide bonds. The molecular formula is C39H46N3O+. The Balaban J connectivity index is 1.38. The molecule has 1 N–H and O–H groups in total. The predicted octanol–water partition coefficient (Wildman–Crippen LogP) is 8.78. The van der Waals surface area contributed by atoms with Gasteiger partial charge in [-0.1, -0.05) is 75.4 Å². The molecule has 43 heavy (non-hydrogen) atoms. The molecule has 0 saturated carbocycles. The van der Waals surface area contributed by atoms with Crippen LogP contribution in [0.5, 0.6) is 0 Å². The summed E-state index contributed by atoms with van der Waals surface area (Å²) >= 11 is 0. The summed E-state index contributed by atoms with van der Waals surface area (Å²) in [6.07, 6.45) is 12.5. The third-order valence-electron chi connectivity index (χ3n) is 9.53. The molecule has 4 nitrogen and oxygen atoms in total. The zero-order valence-corrected chi connectivity index (χ0v) is 26.4. The average molecular weight is 575 g/mol. The van der Waals surface area contributed by atoms with Crippen molar-refractivity contribution >= 4 is 38.9 Å². The molecule has 6 rings (SSSR count). The summed E-state index contributed by atoms with van der Waals surface area (Å²) in [7, 11) is 0. The monoisotopic (exact) mass is 574 g/mol. The highest BCUT2D eigenvalue weighted by atomic mass is 16.3. The summed E-state index contributed by atoms with van der Waals surface area (Å²) in [5, 5.41) is 12.4. The molecule has 0 bridgehead atoms. The number of rotatable bonds is 9. The van der Waals surface area contributed by atoms with Crippen molar-refractivity contribution in [3.05, 3.63) is 108 Å². The van der Waals surface area contributed by atoms with E-state index in [9.17, 15) is 5.11 Å². The van der Waals surface area contributed by atoms with Crippen LogP contribution in [0.2, 0.25) is 0 Å². The molecule has 0 unspecified atom stereocenters. The lowest BCUT2D eigenvalue weighted by molar-refractivity contribution is -0.438. The van der Waals surface area contributed by atoms with Crippen molar-refractivity contribution in [3.8, 4) is 0 Å². The average Bonchev–Trinajstić information content (AvgIpc) is 3.54.